The summed E-state index contributed by atoms with van der Waals surface area (Å²) < 4.78 is 32.1. The summed E-state index contributed by atoms with van der Waals surface area (Å²) in [5.41, 5.74) is 12.0. The highest BCUT2D eigenvalue weighted by Gasteiger charge is 2.64. The van der Waals surface area contributed by atoms with Crippen molar-refractivity contribution in [3.05, 3.63) is 168 Å². The monoisotopic (exact) mass is 820 g/mol. The Hall–Kier alpha value is -3.61. The third-order valence-corrected chi connectivity index (χ3v) is 26.6. The second kappa shape index (κ2) is 18.3. The van der Waals surface area contributed by atoms with Crippen LogP contribution in [0.5, 0.6) is 0 Å². The van der Waals surface area contributed by atoms with E-state index in [0.29, 0.717) is 26.2 Å². The number of hydrogen-bond acceptors (Lipinski definition) is 8. The molecular weight excluding hydrogens is 761 g/mol. The second-order valence-electron chi connectivity index (χ2n) is 15.5. The van der Waals surface area contributed by atoms with Crippen molar-refractivity contribution in [3.8, 4) is 0 Å². The predicted octanol–water partition coefficient (Wildman–Crippen LogP) is 4.61. The first kappa shape index (κ1) is 43.5. The van der Waals surface area contributed by atoms with Gasteiger partial charge in [-0.2, -0.15) is 0 Å². The smallest absolute Gasteiger partial charge is 0.382 e. The molecule has 56 heavy (non-hydrogen) atoms. The van der Waals surface area contributed by atoms with Gasteiger partial charge in [-0.25, -0.2) is 0 Å². The number of nitrogens with zero attached hydrogens (tertiary/aromatic N) is 4. The molecule has 12 heteroatoms. The maximum absolute atomic E-state index is 8.01. The van der Waals surface area contributed by atoms with Crippen LogP contribution in [-0.2, 0) is 42.6 Å². The van der Waals surface area contributed by atoms with Crippen molar-refractivity contribution < 1.29 is 16.5 Å². The lowest BCUT2D eigenvalue weighted by molar-refractivity contribution is 0.264. The average molecular weight is 821 g/mol. The number of benzene rings is 4. The lowest BCUT2D eigenvalue weighted by atomic mass is 10.2. The number of hydrogen-bond donors (Lipinski definition) is 0. The van der Waals surface area contributed by atoms with Gasteiger partial charge in [0.2, 0.25) is 0 Å². The Bertz CT molecular complexity index is 1730. The fraction of sp³-hybridized carbons (Fsp3) is 0.273. The van der Waals surface area contributed by atoms with E-state index >= 15 is 0 Å². The van der Waals surface area contributed by atoms with Gasteiger partial charge in [-0.15, -0.1) is 26.3 Å². The van der Waals surface area contributed by atoms with E-state index in [1.165, 1.54) is 0 Å². The fourth-order valence-electron chi connectivity index (χ4n) is 7.55. The molecule has 1 saturated heterocycles. The van der Waals surface area contributed by atoms with Crippen molar-refractivity contribution in [2.24, 2.45) is 0 Å². The van der Waals surface area contributed by atoms with Gasteiger partial charge in [0.1, 0.15) is 0 Å². The minimum Gasteiger partial charge on any atom is -0.402 e. The van der Waals surface area contributed by atoms with Crippen LogP contribution in [0.25, 0.3) is 0 Å². The van der Waals surface area contributed by atoms with Crippen molar-refractivity contribution in [1.82, 2.24) is 19.6 Å². The summed E-state index contributed by atoms with van der Waals surface area (Å²) in [7, 11) is 1.26. The molecule has 0 amide bonds. The van der Waals surface area contributed by atoms with E-state index in [4.69, 9.17) is 16.5 Å². The Morgan fingerprint density at radius 1 is 0.357 bits per heavy atom. The van der Waals surface area contributed by atoms with E-state index < -0.39 is 34.2 Å². The first-order chi connectivity index (χ1) is 26.7. The van der Waals surface area contributed by atoms with E-state index in [-0.39, 0.29) is 0 Å². The molecule has 0 bridgehead atoms. The summed E-state index contributed by atoms with van der Waals surface area (Å²) in [5, 5.41) is 3.79. The van der Waals surface area contributed by atoms with Gasteiger partial charge in [0.05, 0.1) is 0 Å². The zero-order valence-electron chi connectivity index (χ0n) is 34.6. The first-order valence-electron chi connectivity index (χ1n) is 19.0. The molecule has 1 fully saturated rings. The minimum absolute atomic E-state index is 0.663. The van der Waals surface area contributed by atoms with Crippen molar-refractivity contribution in [3.63, 3.8) is 0 Å². The van der Waals surface area contributed by atoms with Gasteiger partial charge in [0.25, 0.3) is 0 Å². The van der Waals surface area contributed by atoms with Crippen LogP contribution >= 0.6 is 0 Å². The third-order valence-electron chi connectivity index (χ3n) is 9.81. The van der Waals surface area contributed by atoms with Gasteiger partial charge >= 0.3 is 34.2 Å². The van der Waals surface area contributed by atoms with Crippen LogP contribution in [0, 0.1) is 0 Å². The molecule has 1 aliphatic heterocycles. The molecular formula is C44H60N4O4Si4. The molecule has 4 aromatic rings. The van der Waals surface area contributed by atoms with E-state index in [1.54, 1.807) is 0 Å². The standard InChI is InChI=1S/C44H60N4O4Si4/c1-13-53(41-29-21-17-25-37(41)33-45(5)6)49-54(14-2,42-30-22-18-26-38(42)34-46(7)8)51-56(16-4,44-32-24-20-28-40(44)36-48(11)12)52-55(15-3,50-53)43-31-23-19-27-39(43)35-47(9)10/h13-32H,1-4,33-36H2,5-12H3. The normalized spacial score (nSPS) is 24.2. The predicted molar refractivity (Wildman–Crippen MR) is 242 cm³/mol. The van der Waals surface area contributed by atoms with Crippen LogP contribution in [0.2, 0.25) is 0 Å². The SMILES string of the molecule is C=C[Si]1(c2ccccc2CN(C)C)O[Si](C=C)(c2ccccc2CN(C)C)O[Si](C=C)(c2ccccc2CN(C)C)O[Si](C=C)(c2ccccc2CN(C)C)O1. The van der Waals surface area contributed by atoms with Gasteiger partial charge in [0, 0.05) is 46.9 Å². The van der Waals surface area contributed by atoms with Crippen molar-refractivity contribution in [1.29, 1.82) is 0 Å². The lowest BCUT2D eigenvalue weighted by Gasteiger charge is -2.51. The molecule has 4 aromatic carbocycles. The lowest BCUT2D eigenvalue weighted by Crippen LogP contribution is -2.79. The Labute approximate surface area is 340 Å². The maximum Gasteiger partial charge on any atom is 0.382 e. The molecule has 5 rings (SSSR count). The van der Waals surface area contributed by atoms with Gasteiger partial charge < -0.3 is 36.1 Å². The molecule has 8 nitrogen and oxygen atoms in total. The Kier molecular flexibility index (Phi) is 14.2. The van der Waals surface area contributed by atoms with Gasteiger partial charge in [-0.05, 0) is 101 Å². The van der Waals surface area contributed by atoms with Gasteiger partial charge in [0.15, 0.2) is 0 Å². The summed E-state index contributed by atoms with van der Waals surface area (Å²) >= 11 is 0. The highest BCUT2D eigenvalue weighted by Crippen LogP contribution is 2.35. The Morgan fingerprint density at radius 3 is 0.696 bits per heavy atom. The quantitative estimate of drug-likeness (QED) is 0.152. The molecule has 0 saturated carbocycles. The highest BCUT2D eigenvalue weighted by atomic mass is 28.5. The largest absolute Gasteiger partial charge is 0.402 e. The summed E-state index contributed by atoms with van der Waals surface area (Å²) in [6, 6.07) is 33.6. The van der Waals surface area contributed by atoms with Crippen LogP contribution < -0.4 is 20.7 Å². The summed E-state index contributed by atoms with van der Waals surface area (Å²) in [5.74, 6) is 0. The zero-order valence-corrected chi connectivity index (χ0v) is 38.6. The van der Waals surface area contributed by atoms with Gasteiger partial charge in [-0.3, -0.25) is 0 Å². The Morgan fingerprint density at radius 2 is 0.536 bits per heavy atom. The molecule has 0 aromatic heterocycles. The van der Waals surface area contributed by atoms with E-state index in [9.17, 15) is 0 Å². The molecule has 0 radical (unpaired) electrons. The van der Waals surface area contributed by atoms with Crippen LogP contribution in [-0.4, -0.2) is 110 Å². The second-order valence-corrected chi connectivity index (χ2v) is 27.9. The molecule has 0 atom stereocenters. The summed E-state index contributed by atoms with van der Waals surface area (Å²) in [6.45, 7) is 20.8. The van der Waals surface area contributed by atoms with Crippen molar-refractivity contribution >= 4 is 55.0 Å². The van der Waals surface area contributed by atoms with E-state index in [2.05, 4.69) is 199 Å². The zero-order chi connectivity index (χ0) is 40.7. The molecule has 296 valence electrons. The van der Waals surface area contributed by atoms with Crippen molar-refractivity contribution in [2.45, 2.75) is 26.2 Å². The van der Waals surface area contributed by atoms with Crippen molar-refractivity contribution in [2.75, 3.05) is 56.4 Å². The highest BCUT2D eigenvalue weighted by molar-refractivity contribution is 7.10. The number of rotatable bonds is 16. The summed E-state index contributed by atoms with van der Waals surface area (Å²) in [6.07, 6.45) is 0. The summed E-state index contributed by atoms with van der Waals surface area (Å²) in [4.78, 5) is 8.64. The minimum atomic E-state index is -3.83. The van der Waals surface area contributed by atoms with Crippen LogP contribution in [0.1, 0.15) is 22.3 Å². The Balaban J connectivity index is 1.98. The van der Waals surface area contributed by atoms with Gasteiger partial charge in [-0.1, -0.05) is 97.1 Å². The molecule has 0 aliphatic carbocycles. The van der Waals surface area contributed by atoms with E-state index in [0.717, 1.165) is 43.0 Å². The maximum atomic E-state index is 8.01. The average Bonchev–Trinajstić information content (AvgIpc) is 3.16. The fourth-order valence-corrected chi connectivity index (χ4v) is 27.7. The molecule has 0 unspecified atom stereocenters. The van der Waals surface area contributed by atoms with Crippen LogP contribution in [0.3, 0.4) is 0 Å². The molecule has 1 aliphatic rings. The van der Waals surface area contributed by atoms with Crippen LogP contribution in [0.15, 0.2) is 146 Å². The van der Waals surface area contributed by atoms with E-state index in [1.807, 2.05) is 22.8 Å². The topological polar surface area (TPSA) is 49.9 Å². The third kappa shape index (κ3) is 9.07. The molecule has 0 spiro atoms. The molecule has 0 N–H and O–H groups in total. The first-order valence-corrected chi connectivity index (χ1v) is 26.6. The molecule has 1 heterocycles. The van der Waals surface area contributed by atoms with Crippen LogP contribution in [0.4, 0.5) is 0 Å².